The van der Waals surface area contributed by atoms with Crippen molar-refractivity contribution in [3.63, 3.8) is 0 Å². The number of hydrogen-bond donors (Lipinski definition) is 1. The molecule has 1 aromatic heterocycles. The Morgan fingerprint density at radius 3 is 2.59 bits per heavy atom. The minimum absolute atomic E-state index is 0.152. The number of aryl methyl sites for hydroxylation is 1. The topological polar surface area (TPSA) is 86.2 Å². The van der Waals surface area contributed by atoms with Crippen molar-refractivity contribution in [3.8, 4) is 22.8 Å². The summed E-state index contributed by atoms with van der Waals surface area (Å²) < 4.78 is 11.6. The second-order valence-corrected chi connectivity index (χ2v) is 5.91. The molecule has 27 heavy (non-hydrogen) atoms. The lowest BCUT2D eigenvalue weighted by molar-refractivity contribution is 0.131. The Morgan fingerprint density at radius 1 is 1.19 bits per heavy atom. The lowest BCUT2D eigenvalue weighted by atomic mass is 10.0. The van der Waals surface area contributed by atoms with Crippen LogP contribution >= 0.6 is 0 Å². The number of ether oxygens (including phenoxy) is 1. The highest BCUT2D eigenvalue weighted by molar-refractivity contribution is 5.98. The molecule has 0 saturated heterocycles. The van der Waals surface area contributed by atoms with Gasteiger partial charge in [0.05, 0.1) is 12.8 Å². The van der Waals surface area contributed by atoms with Crippen molar-refractivity contribution in [3.05, 3.63) is 70.0 Å². The molecule has 3 rings (SSSR count). The number of rotatable bonds is 6. The molecule has 0 fully saturated rings. The molecule has 7 nitrogen and oxygen atoms in total. The van der Waals surface area contributed by atoms with Crippen molar-refractivity contribution in [2.75, 3.05) is 7.11 Å². The highest BCUT2D eigenvalue weighted by Crippen LogP contribution is 2.30. The van der Waals surface area contributed by atoms with Crippen molar-refractivity contribution < 1.29 is 19.2 Å². The van der Waals surface area contributed by atoms with Crippen LogP contribution in [0.15, 0.2) is 63.0 Å². The molecule has 1 heterocycles. The highest BCUT2D eigenvalue weighted by Gasteiger charge is 2.20. The number of oxime groups is 1. The maximum Gasteiger partial charge on any atom is 0.320 e. The van der Waals surface area contributed by atoms with E-state index in [1.165, 1.54) is 14.2 Å². The van der Waals surface area contributed by atoms with Crippen LogP contribution in [0.1, 0.15) is 18.1 Å². The smallest absolute Gasteiger partial charge is 0.320 e. The molecule has 2 aromatic carbocycles. The van der Waals surface area contributed by atoms with Gasteiger partial charge in [0.15, 0.2) is 0 Å². The zero-order valence-electron chi connectivity index (χ0n) is 15.3. The molecule has 0 saturated carbocycles. The van der Waals surface area contributed by atoms with Crippen LogP contribution in [0.2, 0.25) is 0 Å². The van der Waals surface area contributed by atoms with Crippen molar-refractivity contribution in [2.24, 2.45) is 12.2 Å². The molecule has 0 radical (unpaired) electrons. The van der Waals surface area contributed by atoms with Gasteiger partial charge < -0.3 is 19.2 Å². The maximum atomic E-state index is 12.4. The van der Waals surface area contributed by atoms with Crippen molar-refractivity contribution in [1.82, 2.24) is 4.74 Å². The molecule has 7 heteroatoms. The third-order valence-corrected chi connectivity index (χ3v) is 4.10. The van der Waals surface area contributed by atoms with Crippen LogP contribution in [0.4, 0.5) is 0 Å². The van der Waals surface area contributed by atoms with Gasteiger partial charge in [0.2, 0.25) is 0 Å². The highest BCUT2D eigenvalue weighted by atomic mass is 16.6. The summed E-state index contributed by atoms with van der Waals surface area (Å²) in [5.74, 6) is 0.343. The number of benzene rings is 2. The first-order valence-corrected chi connectivity index (χ1v) is 8.29. The van der Waals surface area contributed by atoms with Crippen LogP contribution in [-0.4, -0.2) is 22.7 Å². The minimum Gasteiger partial charge on any atom is -0.508 e. The van der Waals surface area contributed by atoms with E-state index in [-0.39, 0.29) is 23.9 Å². The fourth-order valence-electron chi connectivity index (χ4n) is 2.66. The molecule has 3 aromatic rings. The van der Waals surface area contributed by atoms with Gasteiger partial charge in [0.1, 0.15) is 17.9 Å². The molecule has 0 aliphatic heterocycles. The van der Waals surface area contributed by atoms with E-state index < -0.39 is 0 Å². The van der Waals surface area contributed by atoms with Gasteiger partial charge in [-0.3, -0.25) is 4.79 Å². The van der Waals surface area contributed by atoms with Gasteiger partial charge in [-0.1, -0.05) is 29.4 Å². The van der Waals surface area contributed by atoms with E-state index in [0.29, 0.717) is 16.8 Å². The van der Waals surface area contributed by atoms with E-state index in [1.54, 1.807) is 24.3 Å². The molecule has 140 valence electrons. The van der Waals surface area contributed by atoms with Gasteiger partial charge in [-0.15, -0.1) is 0 Å². The number of phenols is 1. The SMILES string of the molecule is COc1on(C)c(=O)c1-c1ccccc1CON=C(C)c1ccc(O)cc1. The van der Waals surface area contributed by atoms with E-state index in [1.807, 2.05) is 31.2 Å². The zero-order chi connectivity index (χ0) is 19.4. The fourth-order valence-corrected chi connectivity index (χ4v) is 2.66. The summed E-state index contributed by atoms with van der Waals surface area (Å²) in [4.78, 5) is 17.9. The summed E-state index contributed by atoms with van der Waals surface area (Å²) in [7, 11) is 2.98. The average Bonchev–Trinajstić information content (AvgIpc) is 2.96. The summed E-state index contributed by atoms with van der Waals surface area (Å²) >= 11 is 0. The predicted octanol–water partition coefficient (Wildman–Crippen LogP) is 3.30. The Bertz CT molecular complexity index is 1020. The molecule has 0 spiro atoms. The van der Waals surface area contributed by atoms with Crippen molar-refractivity contribution in [2.45, 2.75) is 13.5 Å². The first-order valence-electron chi connectivity index (χ1n) is 8.29. The van der Waals surface area contributed by atoms with Gasteiger partial charge in [0.25, 0.3) is 5.56 Å². The molecular formula is C20H20N2O5. The Labute approximate surface area is 156 Å². The summed E-state index contributed by atoms with van der Waals surface area (Å²) in [5, 5.41) is 13.5. The van der Waals surface area contributed by atoms with Crippen LogP contribution in [0, 0.1) is 0 Å². The van der Waals surface area contributed by atoms with Crippen LogP contribution < -0.4 is 10.3 Å². The third kappa shape index (κ3) is 3.87. The number of hydrogen-bond acceptors (Lipinski definition) is 6. The number of methoxy groups -OCH3 is 1. The minimum atomic E-state index is -0.289. The van der Waals surface area contributed by atoms with Gasteiger partial charge >= 0.3 is 5.95 Å². The zero-order valence-corrected chi connectivity index (χ0v) is 15.3. The van der Waals surface area contributed by atoms with E-state index in [9.17, 15) is 9.90 Å². The molecule has 0 aliphatic carbocycles. The number of phenolic OH excluding ortho intramolecular Hbond substituents is 1. The Kier molecular flexibility index (Phi) is 5.30. The Morgan fingerprint density at radius 2 is 1.89 bits per heavy atom. The number of aromatic nitrogens is 1. The van der Waals surface area contributed by atoms with E-state index in [0.717, 1.165) is 15.9 Å². The van der Waals surface area contributed by atoms with Crippen molar-refractivity contribution in [1.29, 1.82) is 0 Å². The van der Waals surface area contributed by atoms with Gasteiger partial charge in [0, 0.05) is 18.2 Å². The second-order valence-electron chi connectivity index (χ2n) is 5.91. The Balaban J connectivity index is 1.84. The van der Waals surface area contributed by atoms with Gasteiger partial charge in [-0.25, -0.2) is 0 Å². The lowest BCUT2D eigenvalue weighted by Gasteiger charge is -2.08. The first-order chi connectivity index (χ1) is 13.0. The molecular weight excluding hydrogens is 348 g/mol. The Hall–Kier alpha value is -3.48. The number of aromatic hydroxyl groups is 1. The summed E-state index contributed by atoms with van der Waals surface area (Å²) in [6, 6.07) is 14.0. The maximum absolute atomic E-state index is 12.4. The van der Waals surface area contributed by atoms with Crippen molar-refractivity contribution >= 4 is 5.71 Å². The molecule has 0 unspecified atom stereocenters. The van der Waals surface area contributed by atoms with Gasteiger partial charge in [-0.05, 0) is 36.8 Å². The van der Waals surface area contributed by atoms with E-state index in [4.69, 9.17) is 14.1 Å². The molecule has 0 atom stereocenters. The molecule has 0 bridgehead atoms. The largest absolute Gasteiger partial charge is 0.508 e. The standard InChI is InChI=1S/C20H20N2O5/c1-13(14-8-10-16(23)11-9-14)21-26-12-15-6-4-5-7-17(15)18-19(24)22(2)27-20(18)25-3/h4-11,23H,12H2,1-3H3. The monoisotopic (exact) mass is 368 g/mol. The van der Waals surface area contributed by atoms with Crippen LogP contribution in [0.5, 0.6) is 11.7 Å². The van der Waals surface area contributed by atoms with Crippen LogP contribution in [-0.2, 0) is 18.5 Å². The fraction of sp³-hybridized carbons (Fsp3) is 0.200. The predicted molar refractivity (Wildman–Crippen MR) is 101 cm³/mol. The normalized spacial score (nSPS) is 11.4. The van der Waals surface area contributed by atoms with Crippen LogP contribution in [0.3, 0.4) is 0 Å². The molecule has 1 N–H and O–H groups in total. The number of nitrogens with zero attached hydrogens (tertiary/aromatic N) is 2. The van der Waals surface area contributed by atoms with E-state index >= 15 is 0 Å². The lowest BCUT2D eigenvalue weighted by Crippen LogP contribution is -2.12. The van der Waals surface area contributed by atoms with Crippen LogP contribution in [0.25, 0.3) is 11.1 Å². The molecule has 0 amide bonds. The van der Waals surface area contributed by atoms with E-state index in [2.05, 4.69) is 5.16 Å². The quantitative estimate of drug-likeness (QED) is 0.533. The first kappa shape index (κ1) is 18.3. The summed E-state index contributed by atoms with van der Waals surface area (Å²) in [6.45, 7) is 1.98. The second kappa shape index (κ2) is 7.82. The summed E-state index contributed by atoms with van der Waals surface area (Å²) in [5.41, 5.74) is 3.01. The molecule has 0 aliphatic rings. The van der Waals surface area contributed by atoms with Gasteiger partial charge in [-0.2, -0.15) is 4.74 Å². The summed E-state index contributed by atoms with van der Waals surface area (Å²) in [6.07, 6.45) is 0. The average molecular weight is 368 g/mol. The third-order valence-electron chi connectivity index (χ3n) is 4.10.